The van der Waals surface area contributed by atoms with Crippen LogP contribution in [0.25, 0.3) is 0 Å². The number of aliphatic hydroxyl groups is 1. The average molecular weight is 270 g/mol. The molecule has 3 N–H and O–H groups in total. The molecular formula is C12H14O7. The molecule has 0 saturated carbocycles. The van der Waals surface area contributed by atoms with Crippen molar-refractivity contribution in [1.29, 1.82) is 0 Å². The summed E-state index contributed by atoms with van der Waals surface area (Å²) < 4.78 is 9.01. The Morgan fingerprint density at radius 3 is 2.42 bits per heavy atom. The fourth-order valence-corrected chi connectivity index (χ4v) is 1.43. The predicted octanol–water partition coefficient (Wildman–Crippen LogP) is 0.481. The molecule has 0 radical (unpaired) electrons. The van der Waals surface area contributed by atoms with Gasteiger partial charge in [-0.25, -0.2) is 9.59 Å². The fourth-order valence-electron chi connectivity index (χ4n) is 1.43. The van der Waals surface area contributed by atoms with E-state index < -0.39 is 29.5 Å². The minimum Gasteiger partial charge on any atom is -0.507 e. The number of esters is 2. The quantitative estimate of drug-likeness (QED) is 0.682. The fraction of sp³-hybridized carbons (Fsp3) is 0.333. The van der Waals surface area contributed by atoms with Gasteiger partial charge in [-0.05, 0) is 13.0 Å². The Kier molecular flexibility index (Phi) is 4.71. The molecule has 0 bridgehead atoms. The van der Waals surface area contributed by atoms with Crippen molar-refractivity contribution in [2.75, 3.05) is 13.7 Å². The molecular weight excluding hydrogens is 256 g/mol. The van der Waals surface area contributed by atoms with E-state index in [-0.39, 0.29) is 17.7 Å². The van der Waals surface area contributed by atoms with Crippen molar-refractivity contribution in [2.45, 2.75) is 13.0 Å². The maximum absolute atomic E-state index is 11.4. The van der Waals surface area contributed by atoms with Crippen molar-refractivity contribution in [1.82, 2.24) is 0 Å². The van der Waals surface area contributed by atoms with Crippen LogP contribution in [0, 0.1) is 0 Å². The van der Waals surface area contributed by atoms with Crippen LogP contribution >= 0.6 is 0 Å². The lowest BCUT2D eigenvalue weighted by Crippen LogP contribution is -2.16. The monoisotopic (exact) mass is 270 g/mol. The number of aromatic hydroxyl groups is 2. The SMILES string of the molecule is CCOC(=O)C(O)c1cc(C(=O)OC)c(O)cc1O. The third-order valence-corrected chi connectivity index (χ3v) is 2.35. The second-order valence-corrected chi connectivity index (χ2v) is 3.57. The molecule has 104 valence electrons. The van der Waals surface area contributed by atoms with E-state index in [0.29, 0.717) is 0 Å². The van der Waals surface area contributed by atoms with Crippen molar-refractivity contribution in [3.63, 3.8) is 0 Å². The molecule has 19 heavy (non-hydrogen) atoms. The van der Waals surface area contributed by atoms with Crippen LogP contribution in [0.3, 0.4) is 0 Å². The minimum absolute atomic E-state index is 0.0542. The second-order valence-electron chi connectivity index (χ2n) is 3.57. The zero-order chi connectivity index (χ0) is 14.6. The summed E-state index contributed by atoms with van der Waals surface area (Å²) in [5, 5.41) is 28.8. The third-order valence-electron chi connectivity index (χ3n) is 2.35. The topological polar surface area (TPSA) is 113 Å². The lowest BCUT2D eigenvalue weighted by Gasteiger charge is -2.13. The standard InChI is InChI=1S/C12H14O7/c1-3-19-12(17)10(15)6-4-7(11(16)18-2)9(14)5-8(6)13/h4-5,10,13-15H,3H2,1-2H3. The van der Waals surface area contributed by atoms with E-state index in [1.54, 1.807) is 6.92 Å². The number of aliphatic hydroxyl groups excluding tert-OH is 1. The molecule has 0 amide bonds. The van der Waals surface area contributed by atoms with Gasteiger partial charge in [-0.3, -0.25) is 0 Å². The highest BCUT2D eigenvalue weighted by molar-refractivity contribution is 5.93. The van der Waals surface area contributed by atoms with Gasteiger partial charge in [0.2, 0.25) is 0 Å². The number of rotatable bonds is 4. The molecule has 0 aliphatic carbocycles. The first kappa shape index (κ1) is 14.8. The predicted molar refractivity (Wildman–Crippen MR) is 62.7 cm³/mol. The van der Waals surface area contributed by atoms with Crippen LogP contribution in [0.2, 0.25) is 0 Å². The number of phenols is 2. The van der Waals surface area contributed by atoms with Crippen LogP contribution in [0.5, 0.6) is 11.5 Å². The highest BCUT2D eigenvalue weighted by atomic mass is 16.5. The first-order valence-corrected chi connectivity index (χ1v) is 5.41. The van der Waals surface area contributed by atoms with Crippen molar-refractivity contribution >= 4 is 11.9 Å². The number of methoxy groups -OCH3 is 1. The molecule has 0 aromatic heterocycles. The molecule has 7 heteroatoms. The first-order chi connectivity index (χ1) is 8.92. The van der Waals surface area contributed by atoms with Crippen molar-refractivity contribution < 1.29 is 34.4 Å². The maximum Gasteiger partial charge on any atom is 0.341 e. The summed E-state index contributed by atoms with van der Waals surface area (Å²) in [5.41, 5.74) is -0.532. The number of carbonyl (C=O) groups excluding carboxylic acids is 2. The third kappa shape index (κ3) is 3.14. The van der Waals surface area contributed by atoms with Crippen molar-refractivity contribution in [2.24, 2.45) is 0 Å². The van der Waals surface area contributed by atoms with E-state index in [9.17, 15) is 24.9 Å². The number of hydrogen-bond acceptors (Lipinski definition) is 7. The largest absolute Gasteiger partial charge is 0.507 e. The lowest BCUT2D eigenvalue weighted by molar-refractivity contribution is -0.153. The Hall–Kier alpha value is -2.28. The van der Waals surface area contributed by atoms with E-state index in [2.05, 4.69) is 9.47 Å². The van der Waals surface area contributed by atoms with Gasteiger partial charge in [0.05, 0.1) is 13.7 Å². The summed E-state index contributed by atoms with van der Waals surface area (Å²) in [7, 11) is 1.11. The Labute approximate surface area is 109 Å². The molecule has 1 aromatic rings. The average Bonchev–Trinajstić information content (AvgIpc) is 2.37. The molecule has 0 fully saturated rings. The summed E-state index contributed by atoms with van der Waals surface area (Å²) in [6, 6.07) is 1.81. The number of ether oxygens (including phenoxy) is 2. The van der Waals surface area contributed by atoms with Gasteiger partial charge in [0.25, 0.3) is 0 Å². The van der Waals surface area contributed by atoms with Crippen LogP contribution in [0.15, 0.2) is 12.1 Å². The highest BCUT2D eigenvalue weighted by Crippen LogP contribution is 2.32. The van der Waals surface area contributed by atoms with Crippen molar-refractivity contribution in [3.05, 3.63) is 23.3 Å². The summed E-state index contributed by atoms with van der Waals surface area (Å²) in [6.07, 6.45) is -1.76. The lowest BCUT2D eigenvalue weighted by atomic mass is 10.0. The van der Waals surface area contributed by atoms with E-state index in [0.717, 1.165) is 19.2 Å². The first-order valence-electron chi connectivity index (χ1n) is 5.41. The van der Waals surface area contributed by atoms with E-state index in [1.807, 2.05) is 0 Å². The summed E-state index contributed by atoms with van der Waals surface area (Å²) in [4.78, 5) is 22.7. The Morgan fingerprint density at radius 1 is 1.26 bits per heavy atom. The van der Waals surface area contributed by atoms with Gasteiger partial charge in [-0.1, -0.05) is 0 Å². The second kappa shape index (κ2) is 6.05. The highest BCUT2D eigenvalue weighted by Gasteiger charge is 2.25. The van der Waals surface area contributed by atoms with Gasteiger partial charge in [0.15, 0.2) is 6.10 Å². The molecule has 1 unspecified atom stereocenters. The molecule has 1 rings (SSSR count). The zero-order valence-electron chi connectivity index (χ0n) is 10.4. The Morgan fingerprint density at radius 2 is 1.89 bits per heavy atom. The van der Waals surface area contributed by atoms with Gasteiger partial charge in [-0.15, -0.1) is 0 Å². The molecule has 0 aliphatic heterocycles. The van der Waals surface area contributed by atoms with Crippen LogP contribution in [0.4, 0.5) is 0 Å². The van der Waals surface area contributed by atoms with Crippen LogP contribution in [-0.2, 0) is 14.3 Å². The molecule has 0 aliphatic rings. The smallest absolute Gasteiger partial charge is 0.341 e. The van der Waals surface area contributed by atoms with Gasteiger partial charge >= 0.3 is 11.9 Å². The number of benzene rings is 1. The van der Waals surface area contributed by atoms with E-state index >= 15 is 0 Å². The van der Waals surface area contributed by atoms with Crippen molar-refractivity contribution in [3.8, 4) is 11.5 Å². The van der Waals surface area contributed by atoms with E-state index in [4.69, 9.17) is 0 Å². The minimum atomic E-state index is -1.76. The molecule has 7 nitrogen and oxygen atoms in total. The van der Waals surface area contributed by atoms with Crippen LogP contribution in [0.1, 0.15) is 28.9 Å². The van der Waals surface area contributed by atoms with Gasteiger partial charge in [-0.2, -0.15) is 0 Å². The molecule has 0 saturated heterocycles. The molecule has 0 heterocycles. The van der Waals surface area contributed by atoms with Gasteiger partial charge < -0.3 is 24.8 Å². The molecule has 1 aromatic carbocycles. The summed E-state index contributed by atoms with van der Waals surface area (Å²) >= 11 is 0. The molecule has 1 atom stereocenters. The summed E-state index contributed by atoms with van der Waals surface area (Å²) in [5.74, 6) is -2.90. The number of carbonyl (C=O) groups is 2. The van der Waals surface area contributed by atoms with Gasteiger partial charge in [0, 0.05) is 11.6 Å². The number of hydrogen-bond donors (Lipinski definition) is 3. The van der Waals surface area contributed by atoms with Crippen LogP contribution in [-0.4, -0.2) is 41.0 Å². The summed E-state index contributed by atoms with van der Waals surface area (Å²) in [6.45, 7) is 1.61. The van der Waals surface area contributed by atoms with E-state index in [1.165, 1.54) is 0 Å². The maximum atomic E-state index is 11.4. The van der Waals surface area contributed by atoms with Crippen LogP contribution < -0.4 is 0 Å². The number of phenolic OH excluding ortho intramolecular Hbond substituents is 2. The molecule has 0 spiro atoms. The normalized spacial score (nSPS) is 11.7. The zero-order valence-corrected chi connectivity index (χ0v) is 10.4. The Bertz CT molecular complexity index is 495. The Balaban J connectivity index is 3.21. The van der Waals surface area contributed by atoms with Gasteiger partial charge in [0.1, 0.15) is 17.1 Å².